The van der Waals surface area contributed by atoms with E-state index in [1.807, 2.05) is 6.92 Å². The zero-order chi connectivity index (χ0) is 10.9. The third-order valence-electron chi connectivity index (χ3n) is 4.03. The van der Waals surface area contributed by atoms with Crippen LogP contribution in [0.2, 0.25) is 0 Å². The molecular formula is C13H20O2. The van der Waals surface area contributed by atoms with Crippen LogP contribution in [0.1, 0.15) is 39.5 Å². The number of allylic oxidation sites excluding steroid dienone is 1. The fraction of sp³-hybridized carbons (Fsp3) is 0.769. The van der Waals surface area contributed by atoms with Crippen molar-refractivity contribution in [3.63, 3.8) is 0 Å². The highest BCUT2D eigenvalue weighted by Crippen LogP contribution is 2.48. The van der Waals surface area contributed by atoms with E-state index in [0.29, 0.717) is 12.5 Å². The van der Waals surface area contributed by atoms with Gasteiger partial charge in [-0.25, -0.2) is 0 Å². The zero-order valence-electron chi connectivity index (χ0n) is 9.66. The Labute approximate surface area is 91.7 Å². The standard InChI is InChI=1S/C13H20O2/c1-3-15-12(14)13-7-4-5-11(9-13)10(2)6-8-13/h4,7,10-11H,3,5-6,8-9H2,1-2H3/t10-,11-,13+/m1/s1. The molecule has 2 heteroatoms. The Kier molecular flexibility index (Phi) is 2.85. The topological polar surface area (TPSA) is 26.3 Å². The molecule has 0 saturated heterocycles. The minimum Gasteiger partial charge on any atom is -0.465 e. The number of carbonyl (C=O) groups is 1. The molecule has 84 valence electrons. The van der Waals surface area contributed by atoms with Gasteiger partial charge in [-0.3, -0.25) is 4.79 Å². The van der Waals surface area contributed by atoms with E-state index in [-0.39, 0.29) is 11.4 Å². The molecule has 0 N–H and O–H groups in total. The fourth-order valence-electron chi connectivity index (χ4n) is 2.96. The summed E-state index contributed by atoms with van der Waals surface area (Å²) in [4.78, 5) is 12.0. The lowest BCUT2D eigenvalue weighted by Crippen LogP contribution is -2.40. The van der Waals surface area contributed by atoms with Crippen LogP contribution >= 0.6 is 0 Å². The molecule has 2 aliphatic carbocycles. The van der Waals surface area contributed by atoms with Crippen molar-refractivity contribution in [3.8, 4) is 0 Å². The first-order valence-corrected chi connectivity index (χ1v) is 6.03. The van der Waals surface area contributed by atoms with Crippen LogP contribution in [0, 0.1) is 17.3 Å². The average Bonchev–Trinajstić information content (AvgIpc) is 2.25. The van der Waals surface area contributed by atoms with Gasteiger partial charge in [-0.1, -0.05) is 19.1 Å². The largest absolute Gasteiger partial charge is 0.465 e. The van der Waals surface area contributed by atoms with E-state index in [1.165, 1.54) is 0 Å². The molecule has 2 rings (SSSR count). The molecule has 3 atom stereocenters. The Morgan fingerprint density at radius 1 is 1.60 bits per heavy atom. The van der Waals surface area contributed by atoms with Gasteiger partial charge in [0.25, 0.3) is 0 Å². The Hall–Kier alpha value is -0.790. The monoisotopic (exact) mass is 208 g/mol. The van der Waals surface area contributed by atoms with Crippen LogP contribution in [0.25, 0.3) is 0 Å². The quantitative estimate of drug-likeness (QED) is 0.515. The van der Waals surface area contributed by atoms with Crippen molar-refractivity contribution < 1.29 is 9.53 Å². The zero-order valence-corrected chi connectivity index (χ0v) is 9.66. The van der Waals surface area contributed by atoms with Crippen LogP contribution in [0.5, 0.6) is 0 Å². The summed E-state index contributed by atoms with van der Waals surface area (Å²) in [6, 6.07) is 0. The molecule has 0 aromatic heterocycles. The van der Waals surface area contributed by atoms with E-state index in [4.69, 9.17) is 4.74 Å². The van der Waals surface area contributed by atoms with Crippen molar-refractivity contribution in [1.82, 2.24) is 0 Å². The van der Waals surface area contributed by atoms with Crippen molar-refractivity contribution in [1.29, 1.82) is 0 Å². The Balaban J connectivity index is 2.17. The third-order valence-corrected chi connectivity index (χ3v) is 4.03. The summed E-state index contributed by atoms with van der Waals surface area (Å²) < 4.78 is 5.20. The summed E-state index contributed by atoms with van der Waals surface area (Å²) in [6.07, 6.45) is 8.56. The Morgan fingerprint density at radius 3 is 3.13 bits per heavy atom. The smallest absolute Gasteiger partial charge is 0.315 e. The van der Waals surface area contributed by atoms with Crippen LogP contribution in [-0.2, 0) is 9.53 Å². The van der Waals surface area contributed by atoms with Gasteiger partial charge in [0, 0.05) is 0 Å². The van der Waals surface area contributed by atoms with Crippen LogP contribution in [0.3, 0.4) is 0 Å². The number of ether oxygens (including phenoxy) is 1. The minimum absolute atomic E-state index is 0.00199. The molecular weight excluding hydrogens is 188 g/mol. The maximum atomic E-state index is 12.0. The van der Waals surface area contributed by atoms with Gasteiger partial charge in [0.05, 0.1) is 12.0 Å². The molecule has 2 nitrogen and oxygen atoms in total. The van der Waals surface area contributed by atoms with Crippen LogP contribution in [0.4, 0.5) is 0 Å². The molecule has 0 spiro atoms. The van der Waals surface area contributed by atoms with Crippen molar-refractivity contribution >= 4 is 5.97 Å². The van der Waals surface area contributed by atoms with Crippen molar-refractivity contribution in [3.05, 3.63) is 12.2 Å². The molecule has 0 aromatic rings. The van der Waals surface area contributed by atoms with Gasteiger partial charge in [0.1, 0.15) is 0 Å². The lowest BCUT2D eigenvalue weighted by molar-refractivity contribution is -0.156. The van der Waals surface area contributed by atoms with E-state index in [9.17, 15) is 4.79 Å². The van der Waals surface area contributed by atoms with E-state index in [0.717, 1.165) is 31.6 Å². The summed E-state index contributed by atoms with van der Waals surface area (Å²) in [5, 5.41) is 0. The molecule has 1 saturated carbocycles. The fourth-order valence-corrected chi connectivity index (χ4v) is 2.96. The van der Waals surface area contributed by atoms with Gasteiger partial charge in [-0.05, 0) is 44.4 Å². The number of hydrogen-bond donors (Lipinski definition) is 0. The van der Waals surface area contributed by atoms with Gasteiger partial charge in [-0.15, -0.1) is 0 Å². The summed E-state index contributed by atoms with van der Waals surface area (Å²) in [6.45, 7) is 4.68. The molecule has 0 radical (unpaired) electrons. The van der Waals surface area contributed by atoms with Gasteiger partial charge in [-0.2, -0.15) is 0 Å². The number of esters is 1. The molecule has 0 amide bonds. The summed E-state index contributed by atoms with van der Waals surface area (Å²) in [7, 11) is 0. The van der Waals surface area contributed by atoms with Gasteiger partial charge in [0.15, 0.2) is 0 Å². The first kappa shape index (κ1) is 10.7. The molecule has 0 aliphatic heterocycles. The molecule has 2 aliphatic rings. The molecule has 0 unspecified atom stereocenters. The number of carbonyl (C=O) groups excluding carboxylic acids is 1. The third kappa shape index (κ3) is 1.82. The average molecular weight is 208 g/mol. The van der Waals surface area contributed by atoms with Gasteiger partial charge < -0.3 is 4.74 Å². The summed E-state index contributed by atoms with van der Waals surface area (Å²) in [5.41, 5.74) is -0.272. The predicted octanol–water partition coefficient (Wildman–Crippen LogP) is 2.93. The number of rotatable bonds is 2. The van der Waals surface area contributed by atoms with Gasteiger partial charge in [0.2, 0.25) is 0 Å². The highest BCUT2D eigenvalue weighted by atomic mass is 16.5. The molecule has 0 heterocycles. The first-order valence-electron chi connectivity index (χ1n) is 6.03. The van der Waals surface area contributed by atoms with Crippen LogP contribution in [-0.4, -0.2) is 12.6 Å². The molecule has 15 heavy (non-hydrogen) atoms. The normalized spacial score (nSPS) is 38.8. The van der Waals surface area contributed by atoms with E-state index < -0.39 is 0 Å². The second kappa shape index (κ2) is 3.99. The van der Waals surface area contributed by atoms with Crippen molar-refractivity contribution in [2.75, 3.05) is 6.61 Å². The van der Waals surface area contributed by atoms with Crippen LogP contribution < -0.4 is 0 Å². The lowest BCUT2D eigenvalue weighted by atomic mass is 9.62. The lowest BCUT2D eigenvalue weighted by Gasteiger charge is -2.42. The molecule has 0 aromatic carbocycles. The number of hydrogen-bond acceptors (Lipinski definition) is 2. The molecule has 2 bridgehead atoms. The maximum Gasteiger partial charge on any atom is 0.315 e. The van der Waals surface area contributed by atoms with Crippen LogP contribution in [0.15, 0.2) is 12.2 Å². The predicted molar refractivity (Wildman–Crippen MR) is 59.3 cm³/mol. The SMILES string of the molecule is CCOC(=O)[C@]12C=CC[C@H](C1)[C@H](C)CC2. The maximum absolute atomic E-state index is 12.0. The van der Waals surface area contributed by atoms with E-state index in [1.54, 1.807) is 0 Å². The highest BCUT2D eigenvalue weighted by molar-refractivity contribution is 5.79. The van der Waals surface area contributed by atoms with Crippen molar-refractivity contribution in [2.24, 2.45) is 17.3 Å². The summed E-state index contributed by atoms with van der Waals surface area (Å²) in [5.74, 6) is 1.45. The highest BCUT2D eigenvalue weighted by Gasteiger charge is 2.45. The Morgan fingerprint density at radius 2 is 2.40 bits per heavy atom. The summed E-state index contributed by atoms with van der Waals surface area (Å²) >= 11 is 0. The second-order valence-corrected chi connectivity index (χ2v) is 4.99. The minimum atomic E-state index is -0.272. The number of fused-ring (bicyclic) bond motifs is 2. The molecule has 1 fully saturated rings. The Bertz CT molecular complexity index is 282. The first-order chi connectivity index (χ1) is 7.18. The second-order valence-electron chi connectivity index (χ2n) is 4.99. The van der Waals surface area contributed by atoms with E-state index >= 15 is 0 Å². The van der Waals surface area contributed by atoms with Gasteiger partial charge >= 0.3 is 5.97 Å². The van der Waals surface area contributed by atoms with E-state index in [2.05, 4.69) is 19.1 Å². The van der Waals surface area contributed by atoms with Crippen molar-refractivity contribution in [2.45, 2.75) is 39.5 Å².